The number of allylic oxidation sites excluding steroid dienone is 1. The summed E-state index contributed by atoms with van der Waals surface area (Å²) in [4.78, 5) is 25.9. The van der Waals surface area contributed by atoms with E-state index in [1.807, 2.05) is 0 Å². The predicted octanol–water partition coefficient (Wildman–Crippen LogP) is 5.38. The van der Waals surface area contributed by atoms with E-state index >= 15 is 0 Å². The number of carbonyl (C=O) groups excluding carboxylic acids is 2. The normalized spacial score (nSPS) is 14.6. The van der Waals surface area contributed by atoms with Gasteiger partial charge in [-0.2, -0.15) is 0 Å². The van der Waals surface area contributed by atoms with Crippen LogP contribution in [0, 0.1) is 6.92 Å². The van der Waals surface area contributed by atoms with Gasteiger partial charge in [-0.3, -0.25) is 9.59 Å². The minimum atomic E-state index is -0.586. The summed E-state index contributed by atoms with van der Waals surface area (Å²) in [5.41, 5.74) is 2.18. The molecule has 1 aliphatic carbocycles. The Hall–Kier alpha value is -2.33. The van der Waals surface area contributed by atoms with Crippen LogP contribution in [0.2, 0.25) is 0 Å². The summed E-state index contributed by atoms with van der Waals surface area (Å²) in [5, 5.41) is 10.5. The van der Waals surface area contributed by atoms with E-state index in [4.69, 9.17) is 0 Å². The molecule has 4 heteroatoms. The zero-order valence-electron chi connectivity index (χ0n) is 15.2. The third kappa shape index (κ3) is 3.75. The van der Waals surface area contributed by atoms with Crippen molar-refractivity contribution in [3.8, 4) is 0 Å². The van der Waals surface area contributed by atoms with Crippen LogP contribution in [0.15, 0.2) is 59.0 Å². The van der Waals surface area contributed by atoms with E-state index in [-0.39, 0.29) is 21.6 Å². The van der Waals surface area contributed by atoms with E-state index in [0.717, 1.165) is 4.90 Å². The van der Waals surface area contributed by atoms with Gasteiger partial charge in [0.2, 0.25) is 11.6 Å². The fraction of sp³-hybridized carbons (Fsp3) is 0.273. The number of fused-ring (bicyclic) bond motifs is 1. The summed E-state index contributed by atoms with van der Waals surface area (Å²) in [5.74, 6) is -1.17. The van der Waals surface area contributed by atoms with Crippen molar-refractivity contribution in [1.29, 1.82) is 0 Å². The molecule has 26 heavy (non-hydrogen) atoms. The number of aliphatic hydroxyl groups excluding tert-OH is 1. The number of thioether (sulfide) groups is 1. The molecule has 0 fully saturated rings. The second-order valence-corrected chi connectivity index (χ2v) is 8.99. The SMILES string of the molecule is Cc1ccc(SC(C)(C)CCC2=C(O)c3ccccc3C(=O)C2=O)cc1. The first-order valence-corrected chi connectivity index (χ1v) is 9.46. The van der Waals surface area contributed by atoms with Gasteiger partial charge in [0.25, 0.3) is 0 Å². The summed E-state index contributed by atoms with van der Waals surface area (Å²) in [7, 11) is 0. The summed E-state index contributed by atoms with van der Waals surface area (Å²) < 4.78 is -0.136. The molecule has 0 saturated heterocycles. The Morgan fingerprint density at radius 3 is 2.19 bits per heavy atom. The van der Waals surface area contributed by atoms with Crippen molar-refractivity contribution in [1.82, 2.24) is 0 Å². The van der Waals surface area contributed by atoms with E-state index in [1.54, 1.807) is 36.0 Å². The summed E-state index contributed by atoms with van der Waals surface area (Å²) >= 11 is 1.73. The highest BCUT2D eigenvalue weighted by Crippen LogP contribution is 2.38. The van der Waals surface area contributed by atoms with Crippen molar-refractivity contribution in [2.75, 3.05) is 0 Å². The number of aryl methyl sites for hydroxylation is 1. The highest BCUT2D eigenvalue weighted by molar-refractivity contribution is 8.00. The lowest BCUT2D eigenvalue weighted by molar-refractivity contribution is -0.112. The van der Waals surface area contributed by atoms with Crippen LogP contribution in [0.5, 0.6) is 0 Å². The standard InChI is InChI=1S/C22H22O3S/c1-14-8-10-15(11-9-14)26-22(2,3)13-12-18-19(23)16-6-4-5-7-17(16)20(24)21(18)25/h4-11,23H,12-13H2,1-3H3. The number of benzene rings is 2. The van der Waals surface area contributed by atoms with Gasteiger partial charge < -0.3 is 5.11 Å². The summed E-state index contributed by atoms with van der Waals surface area (Å²) in [6, 6.07) is 15.0. The molecule has 2 aromatic rings. The summed E-state index contributed by atoms with van der Waals surface area (Å²) in [6.07, 6.45) is 1.04. The molecule has 0 heterocycles. The smallest absolute Gasteiger partial charge is 0.234 e. The highest BCUT2D eigenvalue weighted by atomic mass is 32.2. The third-order valence-electron chi connectivity index (χ3n) is 4.59. The zero-order valence-corrected chi connectivity index (χ0v) is 16.0. The molecule has 0 amide bonds. The van der Waals surface area contributed by atoms with Crippen molar-refractivity contribution in [2.24, 2.45) is 0 Å². The van der Waals surface area contributed by atoms with Gasteiger partial charge >= 0.3 is 0 Å². The largest absolute Gasteiger partial charge is 0.507 e. The Kier molecular flexibility index (Phi) is 5.05. The average molecular weight is 366 g/mol. The minimum absolute atomic E-state index is 0.0543. The number of ketones is 2. The van der Waals surface area contributed by atoms with Crippen LogP contribution in [-0.2, 0) is 4.79 Å². The van der Waals surface area contributed by atoms with Crippen LogP contribution in [0.25, 0.3) is 5.76 Å². The molecule has 0 aromatic heterocycles. The maximum absolute atomic E-state index is 12.4. The Balaban J connectivity index is 1.78. The molecule has 3 nitrogen and oxygen atoms in total. The van der Waals surface area contributed by atoms with Gasteiger partial charge in [0, 0.05) is 26.3 Å². The van der Waals surface area contributed by atoms with E-state index in [9.17, 15) is 14.7 Å². The number of Topliss-reactive ketones (excluding diaryl/α,β-unsaturated/α-hetero) is 2. The Morgan fingerprint density at radius 2 is 1.54 bits per heavy atom. The molecule has 0 spiro atoms. The Labute approximate surface area is 158 Å². The maximum Gasteiger partial charge on any atom is 0.234 e. The monoisotopic (exact) mass is 366 g/mol. The molecule has 0 saturated carbocycles. The fourth-order valence-electron chi connectivity index (χ4n) is 3.05. The third-order valence-corrected chi connectivity index (χ3v) is 5.85. The Bertz CT molecular complexity index is 892. The molecule has 0 bridgehead atoms. The lowest BCUT2D eigenvalue weighted by Gasteiger charge is -2.26. The van der Waals surface area contributed by atoms with Gasteiger partial charge in [-0.15, -0.1) is 11.8 Å². The van der Waals surface area contributed by atoms with E-state index in [2.05, 4.69) is 45.0 Å². The van der Waals surface area contributed by atoms with Gasteiger partial charge in [-0.05, 0) is 31.9 Å². The van der Waals surface area contributed by atoms with E-state index in [1.165, 1.54) is 5.56 Å². The molecule has 0 atom stereocenters. The topological polar surface area (TPSA) is 54.4 Å². The molecule has 134 valence electrons. The first-order valence-electron chi connectivity index (χ1n) is 8.65. The van der Waals surface area contributed by atoms with Crippen molar-refractivity contribution >= 4 is 29.1 Å². The summed E-state index contributed by atoms with van der Waals surface area (Å²) in [6.45, 7) is 6.27. The zero-order chi connectivity index (χ0) is 18.9. The quantitative estimate of drug-likeness (QED) is 0.570. The number of hydrogen-bond donors (Lipinski definition) is 1. The molecule has 0 radical (unpaired) electrons. The lowest BCUT2D eigenvalue weighted by atomic mass is 9.85. The molecular formula is C22H22O3S. The molecule has 1 aliphatic rings. The molecule has 1 N–H and O–H groups in total. The van der Waals surface area contributed by atoms with Crippen LogP contribution in [0.4, 0.5) is 0 Å². The second-order valence-electron chi connectivity index (χ2n) is 7.21. The van der Waals surface area contributed by atoms with Crippen molar-refractivity contribution in [2.45, 2.75) is 43.3 Å². The first kappa shape index (κ1) is 18.5. The molecule has 0 aliphatic heterocycles. The lowest BCUT2D eigenvalue weighted by Crippen LogP contribution is -2.25. The Morgan fingerprint density at radius 1 is 0.923 bits per heavy atom. The molecular weight excluding hydrogens is 344 g/mol. The van der Waals surface area contributed by atoms with Crippen LogP contribution < -0.4 is 0 Å². The van der Waals surface area contributed by atoms with Gasteiger partial charge in [0.05, 0.1) is 0 Å². The fourth-order valence-corrected chi connectivity index (χ4v) is 4.17. The van der Waals surface area contributed by atoms with Crippen molar-refractivity contribution < 1.29 is 14.7 Å². The minimum Gasteiger partial charge on any atom is -0.507 e. The van der Waals surface area contributed by atoms with Crippen LogP contribution in [0.1, 0.15) is 48.2 Å². The number of aliphatic hydroxyl groups is 1. The van der Waals surface area contributed by atoms with Crippen LogP contribution in [0.3, 0.4) is 0 Å². The van der Waals surface area contributed by atoms with E-state index < -0.39 is 11.6 Å². The van der Waals surface area contributed by atoms with Gasteiger partial charge in [0.15, 0.2) is 0 Å². The van der Waals surface area contributed by atoms with Crippen molar-refractivity contribution in [3.05, 3.63) is 70.8 Å². The first-order chi connectivity index (χ1) is 12.3. The van der Waals surface area contributed by atoms with Gasteiger partial charge in [0.1, 0.15) is 5.76 Å². The van der Waals surface area contributed by atoms with Crippen molar-refractivity contribution in [3.63, 3.8) is 0 Å². The maximum atomic E-state index is 12.4. The van der Waals surface area contributed by atoms with Gasteiger partial charge in [-0.25, -0.2) is 0 Å². The van der Waals surface area contributed by atoms with E-state index in [0.29, 0.717) is 18.4 Å². The van der Waals surface area contributed by atoms with Crippen LogP contribution >= 0.6 is 11.8 Å². The number of rotatable bonds is 5. The molecule has 2 aromatic carbocycles. The van der Waals surface area contributed by atoms with Gasteiger partial charge in [-0.1, -0.05) is 55.8 Å². The average Bonchev–Trinajstić information content (AvgIpc) is 2.61. The second kappa shape index (κ2) is 7.12. The number of hydrogen-bond acceptors (Lipinski definition) is 4. The predicted molar refractivity (Wildman–Crippen MR) is 106 cm³/mol. The molecule has 3 rings (SSSR count). The molecule has 0 unspecified atom stereocenters. The highest BCUT2D eigenvalue weighted by Gasteiger charge is 2.33. The van der Waals surface area contributed by atoms with Crippen LogP contribution in [-0.4, -0.2) is 21.4 Å². The number of carbonyl (C=O) groups is 2.